The van der Waals surface area contributed by atoms with Crippen LogP contribution in [0.5, 0.6) is 0 Å². The van der Waals surface area contributed by atoms with E-state index in [0.717, 1.165) is 6.42 Å². The topological polar surface area (TPSA) is 95.9 Å². The Hall–Kier alpha value is -1.89. The Kier molecular flexibility index (Phi) is 8.42. The molecule has 2 amide bonds. The molecule has 7 heteroatoms. The van der Waals surface area contributed by atoms with Crippen molar-refractivity contribution in [2.24, 2.45) is 35.0 Å². The van der Waals surface area contributed by atoms with Crippen molar-refractivity contribution >= 4 is 17.8 Å². The summed E-state index contributed by atoms with van der Waals surface area (Å²) in [6, 6.07) is -1.31. The molecule has 1 aliphatic carbocycles. The predicted molar refractivity (Wildman–Crippen MR) is 128 cm³/mol. The number of aliphatic hydroxyl groups is 1. The summed E-state index contributed by atoms with van der Waals surface area (Å²) in [4.78, 5) is 42.0. The van der Waals surface area contributed by atoms with E-state index in [0.29, 0.717) is 0 Å². The van der Waals surface area contributed by atoms with Crippen molar-refractivity contribution in [3.8, 4) is 0 Å². The van der Waals surface area contributed by atoms with Gasteiger partial charge in [-0.15, -0.1) is 0 Å². The van der Waals surface area contributed by atoms with Crippen molar-refractivity contribution < 1.29 is 24.2 Å². The number of rotatable bonds is 8. The number of esters is 1. The lowest BCUT2D eigenvalue weighted by atomic mass is 9.70. The fourth-order valence-corrected chi connectivity index (χ4v) is 5.89. The van der Waals surface area contributed by atoms with E-state index in [1.165, 1.54) is 0 Å². The number of fused-ring (bicyclic) bond motifs is 1. The van der Waals surface area contributed by atoms with E-state index < -0.39 is 41.3 Å². The second-order valence-electron chi connectivity index (χ2n) is 11.9. The number of carbonyl (C=O) groups is 3. The summed E-state index contributed by atoms with van der Waals surface area (Å²) in [5.74, 6) is -2.93. The van der Waals surface area contributed by atoms with Gasteiger partial charge in [0.2, 0.25) is 11.8 Å². The van der Waals surface area contributed by atoms with Crippen LogP contribution in [-0.4, -0.2) is 58.6 Å². The van der Waals surface area contributed by atoms with Gasteiger partial charge in [-0.3, -0.25) is 14.4 Å². The molecule has 0 unspecified atom stereocenters. The summed E-state index contributed by atoms with van der Waals surface area (Å²) < 4.78 is 5.32. The molecule has 0 aromatic carbocycles. The van der Waals surface area contributed by atoms with E-state index in [9.17, 15) is 19.5 Å². The summed E-state index contributed by atoms with van der Waals surface area (Å²) in [6.07, 6.45) is 4.59. The van der Waals surface area contributed by atoms with E-state index in [-0.39, 0.29) is 42.3 Å². The number of aliphatic hydroxyl groups excluding tert-OH is 1. The van der Waals surface area contributed by atoms with Crippen molar-refractivity contribution in [3.05, 3.63) is 12.2 Å². The molecule has 2 aliphatic rings. The van der Waals surface area contributed by atoms with Gasteiger partial charge in [0.1, 0.15) is 6.04 Å². The lowest BCUT2D eigenvalue weighted by Gasteiger charge is -2.39. The summed E-state index contributed by atoms with van der Waals surface area (Å²) in [7, 11) is 0. The van der Waals surface area contributed by atoms with Crippen LogP contribution in [0.15, 0.2) is 12.2 Å². The van der Waals surface area contributed by atoms with E-state index >= 15 is 0 Å². The second kappa shape index (κ2) is 10.2. The summed E-state index contributed by atoms with van der Waals surface area (Å²) >= 11 is 0. The third kappa shape index (κ3) is 5.97. The van der Waals surface area contributed by atoms with Crippen LogP contribution in [0.3, 0.4) is 0 Å². The molecule has 1 fully saturated rings. The summed E-state index contributed by atoms with van der Waals surface area (Å²) in [5, 5.41) is 13.3. The maximum absolute atomic E-state index is 13.8. The SMILES string of the molecule is CCOC(=O)[C@H]1[C@H]2C(=O)N([C@@H](CO)C(C)C)[C@H](C(=O)NC(C)(C)CC(C)(C)C)[C@H]2C=C[C@H]1C. The van der Waals surface area contributed by atoms with Gasteiger partial charge in [-0.25, -0.2) is 0 Å². The molecule has 1 heterocycles. The summed E-state index contributed by atoms with van der Waals surface area (Å²) in [5.41, 5.74) is -0.480. The van der Waals surface area contributed by atoms with Crippen LogP contribution in [0.4, 0.5) is 0 Å². The number of amides is 2. The monoisotopic (exact) mass is 464 g/mol. The first kappa shape index (κ1) is 27.4. The zero-order valence-corrected chi connectivity index (χ0v) is 21.8. The van der Waals surface area contributed by atoms with E-state index in [1.54, 1.807) is 11.8 Å². The average Bonchev–Trinajstić information content (AvgIpc) is 2.92. The van der Waals surface area contributed by atoms with Crippen LogP contribution in [0, 0.1) is 35.0 Å². The maximum Gasteiger partial charge on any atom is 0.310 e. The number of carbonyl (C=O) groups excluding carboxylic acids is 3. The molecule has 0 spiro atoms. The molecule has 6 atom stereocenters. The van der Waals surface area contributed by atoms with Gasteiger partial charge in [0, 0.05) is 11.5 Å². The molecule has 1 aliphatic heterocycles. The van der Waals surface area contributed by atoms with Crippen LogP contribution in [0.1, 0.15) is 68.7 Å². The molecule has 33 heavy (non-hydrogen) atoms. The van der Waals surface area contributed by atoms with Crippen molar-refractivity contribution in [2.75, 3.05) is 13.2 Å². The Bertz CT molecular complexity index is 767. The highest BCUT2D eigenvalue weighted by molar-refractivity contribution is 5.96. The highest BCUT2D eigenvalue weighted by Gasteiger charge is 2.59. The van der Waals surface area contributed by atoms with Crippen LogP contribution in [-0.2, 0) is 19.1 Å². The molecule has 0 bridgehead atoms. The number of nitrogens with zero attached hydrogens (tertiary/aromatic N) is 1. The molecule has 188 valence electrons. The first-order chi connectivity index (χ1) is 15.1. The number of allylic oxidation sites excluding steroid dienone is 1. The first-order valence-electron chi connectivity index (χ1n) is 12.2. The quantitative estimate of drug-likeness (QED) is 0.425. The highest BCUT2D eigenvalue weighted by Crippen LogP contribution is 2.45. The minimum Gasteiger partial charge on any atom is -0.466 e. The highest BCUT2D eigenvalue weighted by atomic mass is 16.5. The molecule has 0 saturated carbocycles. The molecule has 2 rings (SSSR count). The Morgan fingerprint density at radius 1 is 1.18 bits per heavy atom. The van der Waals surface area contributed by atoms with Gasteiger partial charge in [-0.1, -0.05) is 53.7 Å². The molecule has 0 radical (unpaired) electrons. The number of hydrogen-bond donors (Lipinski definition) is 2. The van der Waals surface area contributed by atoms with Crippen molar-refractivity contribution in [1.29, 1.82) is 0 Å². The number of ether oxygens (including phenoxy) is 1. The number of nitrogens with one attached hydrogen (secondary N) is 1. The molecular formula is C26H44N2O5. The maximum atomic E-state index is 13.8. The van der Waals surface area contributed by atoms with Gasteiger partial charge in [-0.2, -0.15) is 0 Å². The molecule has 0 aromatic rings. The van der Waals surface area contributed by atoms with Gasteiger partial charge in [0.15, 0.2) is 0 Å². The first-order valence-corrected chi connectivity index (χ1v) is 12.2. The molecule has 2 N–H and O–H groups in total. The fourth-order valence-electron chi connectivity index (χ4n) is 5.89. The van der Waals surface area contributed by atoms with Crippen LogP contribution >= 0.6 is 0 Å². The lowest BCUT2D eigenvalue weighted by molar-refractivity contribution is -0.156. The predicted octanol–water partition coefficient (Wildman–Crippen LogP) is 3.16. The van der Waals surface area contributed by atoms with Crippen molar-refractivity contribution in [1.82, 2.24) is 10.2 Å². The van der Waals surface area contributed by atoms with Gasteiger partial charge < -0.3 is 20.1 Å². The van der Waals surface area contributed by atoms with Gasteiger partial charge in [-0.05, 0) is 44.4 Å². The third-order valence-electron chi connectivity index (χ3n) is 6.78. The Labute approximate surface area is 199 Å². The van der Waals surface area contributed by atoms with Crippen molar-refractivity contribution in [3.63, 3.8) is 0 Å². The third-order valence-corrected chi connectivity index (χ3v) is 6.78. The molecule has 1 saturated heterocycles. The molecule has 7 nitrogen and oxygen atoms in total. The largest absolute Gasteiger partial charge is 0.466 e. The Morgan fingerprint density at radius 2 is 1.79 bits per heavy atom. The minimum absolute atomic E-state index is 0.00520. The lowest BCUT2D eigenvalue weighted by Crippen LogP contribution is -2.57. The van der Waals surface area contributed by atoms with Gasteiger partial charge >= 0.3 is 5.97 Å². The van der Waals surface area contributed by atoms with E-state index in [2.05, 4.69) is 26.1 Å². The Balaban J connectivity index is 2.51. The minimum atomic E-state index is -0.790. The number of likely N-dealkylation sites (tertiary alicyclic amines) is 1. The van der Waals surface area contributed by atoms with Gasteiger partial charge in [0.25, 0.3) is 0 Å². The van der Waals surface area contributed by atoms with E-state index in [4.69, 9.17) is 4.74 Å². The smallest absolute Gasteiger partial charge is 0.310 e. The standard InChI is InChI=1S/C26H44N2O5/c1-10-33-24(32)19-16(4)11-12-17-20(19)23(31)28(18(13-29)15(2)3)21(17)22(30)27-26(8,9)14-25(5,6)7/h11-12,15-21,29H,10,13-14H2,1-9H3,(H,27,30)/t16-,17+,18+,19-,20+,21+/m1/s1. The van der Waals surface area contributed by atoms with Crippen LogP contribution in [0.25, 0.3) is 0 Å². The zero-order valence-electron chi connectivity index (χ0n) is 21.8. The van der Waals surface area contributed by atoms with Gasteiger partial charge in [0.05, 0.1) is 31.1 Å². The normalized spacial score (nSPS) is 28.6. The molecular weight excluding hydrogens is 420 g/mol. The van der Waals surface area contributed by atoms with Crippen LogP contribution in [0.2, 0.25) is 0 Å². The van der Waals surface area contributed by atoms with Crippen molar-refractivity contribution in [2.45, 2.75) is 86.4 Å². The van der Waals surface area contributed by atoms with Crippen LogP contribution < -0.4 is 5.32 Å². The fraction of sp³-hybridized carbons (Fsp3) is 0.808. The molecule has 0 aromatic heterocycles. The average molecular weight is 465 g/mol. The second-order valence-corrected chi connectivity index (χ2v) is 11.9. The zero-order chi connectivity index (χ0) is 25.3. The summed E-state index contributed by atoms with van der Waals surface area (Å²) in [6.45, 7) is 17.8. The number of hydrogen-bond acceptors (Lipinski definition) is 5. The Morgan fingerprint density at radius 3 is 2.27 bits per heavy atom. The van der Waals surface area contributed by atoms with E-state index in [1.807, 2.05) is 46.8 Å².